The van der Waals surface area contributed by atoms with Gasteiger partial charge in [0.1, 0.15) is 12.7 Å². The Bertz CT molecular complexity index is 1120. The monoisotopic (exact) mass is 462 g/mol. The molecule has 3 N–H and O–H groups in total. The lowest BCUT2D eigenvalue weighted by Gasteiger charge is -2.18. The molecule has 0 saturated carbocycles. The Labute approximate surface area is 197 Å². The van der Waals surface area contributed by atoms with Crippen LogP contribution in [0.3, 0.4) is 0 Å². The summed E-state index contributed by atoms with van der Waals surface area (Å²) in [5.74, 6) is -0.578. The Morgan fingerprint density at radius 3 is 2.24 bits per heavy atom. The van der Waals surface area contributed by atoms with Gasteiger partial charge in [0.2, 0.25) is 0 Å². The van der Waals surface area contributed by atoms with E-state index in [1.54, 1.807) is 0 Å². The zero-order valence-corrected chi connectivity index (χ0v) is 18.7. The molecule has 2 aromatic carbocycles. The average molecular weight is 463 g/mol. The van der Waals surface area contributed by atoms with Gasteiger partial charge in [-0.2, -0.15) is 0 Å². The maximum atomic E-state index is 12.2. The fourth-order valence-corrected chi connectivity index (χ4v) is 4.15. The number of alkyl carbamates (subject to hydrolysis) is 1. The number of aromatic nitrogens is 1. The first kappa shape index (κ1) is 23.4. The third kappa shape index (κ3) is 4.93. The SMILES string of the molecule is COC(=O)c1ccc(C(O)C(O)CCNC(=O)OCC2c3ccccc3-c3ccccc32)nc1. The zero-order valence-electron chi connectivity index (χ0n) is 18.7. The van der Waals surface area contributed by atoms with Crippen molar-refractivity contribution in [1.82, 2.24) is 10.3 Å². The third-order valence-corrected chi connectivity index (χ3v) is 5.93. The summed E-state index contributed by atoms with van der Waals surface area (Å²) in [7, 11) is 1.26. The number of aliphatic hydroxyl groups is 2. The summed E-state index contributed by atoms with van der Waals surface area (Å²) in [4.78, 5) is 27.7. The molecule has 2 unspecified atom stereocenters. The molecule has 0 spiro atoms. The van der Waals surface area contributed by atoms with Gasteiger partial charge < -0.3 is 25.0 Å². The molecular formula is C26H26N2O6. The number of methoxy groups -OCH3 is 1. The van der Waals surface area contributed by atoms with Crippen molar-refractivity contribution in [2.45, 2.75) is 24.5 Å². The van der Waals surface area contributed by atoms with Gasteiger partial charge in [-0.15, -0.1) is 0 Å². The average Bonchev–Trinajstić information content (AvgIpc) is 3.20. The quantitative estimate of drug-likeness (QED) is 0.440. The summed E-state index contributed by atoms with van der Waals surface area (Å²) in [6.45, 7) is 0.302. The van der Waals surface area contributed by atoms with Crippen molar-refractivity contribution >= 4 is 12.1 Å². The number of rotatable bonds is 8. The lowest BCUT2D eigenvalue weighted by atomic mass is 9.98. The number of ether oxygens (including phenoxy) is 2. The molecular weight excluding hydrogens is 436 g/mol. The van der Waals surface area contributed by atoms with Crippen LogP contribution in [0, 0.1) is 0 Å². The van der Waals surface area contributed by atoms with Crippen LogP contribution in [0.25, 0.3) is 11.1 Å². The summed E-state index contributed by atoms with van der Waals surface area (Å²) in [6, 6.07) is 19.1. The molecule has 1 aliphatic carbocycles. The van der Waals surface area contributed by atoms with Crippen molar-refractivity contribution < 1.29 is 29.3 Å². The van der Waals surface area contributed by atoms with E-state index in [0.29, 0.717) is 0 Å². The Morgan fingerprint density at radius 1 is 1.00 bits per heavy atom. The van der Waals surface area contributed by atoms with Crippen LogP contribution < -0.4 is 5.32 Å². The van der Waals surface area contributed by atoms with E-state index in [9.17, 15) is 19.8 Å². The summed E-state index contributed by atoms with van der Waals surface area (Å²) >= 11 is 0. The van der Waals surface area contributed by atoms with Crippen LogP contribution in [-0.2, 0) is 9.47 Å². The number of benzene rings is 2. The second-order valence-corrected chi connectivity index (χ2v) is 8.02. The standard InChI is InChI=1S/C26H26N2O6/c1-33-25(31)16-10-11-22(28-14-16)24(30)23(29)12-13-27-26(32)34-15-21-19-8-4-2-6-17(19)18-7-3-5-9-20(18)21/h2-11,14,21,23-24,29-30H,12-13,15H2,1H3,(H,27,32). The number of esters is 1. The van der Waals surface area contributed by atoms with Crippen LogP contribution in [0.4, 0.5) is 4.79 Å². The number of carbonyl (C=O) groups excluding carboxylic acids is 2. The molecule has 0 radical (unpaired) electrons. The number of carbonyl (C=O) groups is 2. The van der Waals surface area contributed by atoms with Crippen molar-refractivity contribution in [2.24, 2.45) is 0 Å². The fourth-order valence-electron chi connectivity index (χ4n) is 4.15. The van der Waals surface area contributed by atoms with Gasteiger partial charge in [0, 0.05) is 18.7 Å². The third-order valence-electron chi connectivity index (χ3n) is 5.93. The highest BCUT2D eigenvalue weighted by Gasteiger charge is 2.29. The Hall–Kier alpha value is -3.75. The molecule has 0 fully saturated rings. The fraction of sp³-hybridized carbons (Fsp3) is 0.269. The van der Waals surface area contributed by atoms with Crippen LogP contribution in [0.15, 0.2) is 66.9 Å². The van der Waals surface area contributed by atoms with Crippen LogP contribution in [0.5, 0.6) is 0 Å². The number of hydrogen-bond acceptors (Lipinski definition) is 7. The molecule has 0 bridgehead atoms. The Kier molecular flexibility index (Phi) is 7.20. The van der Waals surface area contributed by atoms with Crippen molar-refractivity contribution in [3.63, 3.8) is 0 Å². The highest BCUT2D eigenvalue weighted by atomic mass is 16.5. The van der Waals surface area contributed by atoms with E-state index in [1.165, 1.54) is 25.4 Å². The van der Waals surface area contributed by atoms with E-state index in [1.807, 2.05) is 36.4 Å². The maximum absolute atomic E-state index is 12.2. The minimum atomic E-state index is -1.27. The first-order valence-corrected chi connectivity index (χ1v) is 11.0. The van der Waals surface area contributed by atoms with E-state index >= 15 is 0 Å². The van der Waals surface area contributed by atoms with Crippen molar-refractivity contribution in [3.8, 4) is 11.1 Å². The largest absolute Gasteiger partial charge is 0.465 e. The summed E-state index contributed by atoms with van der Waals surface area (Å²) in [5.41, 5.74) is 5.00. The molecule has 1 heterocycles. The van der Waals surface area contributed by atoms with E-state index in [0.717, 1.165) is 22.3 Å². The highest BCUT2D eigenvalue weighted by molar-refractivity contribution is 5.88. The summed E-state index contributed by atoms with van der Waals surface area (Å²) in [6.07, 6.45) is -1.66. The number of hydrogen-bond donors (Lipinski definition) is 3. The molecule has 2 atom stereocenters. The number of pyridine rings is 1. The van der Waals surface area contributed by atoms with Gasteiger partial charge in [0.25, 0.3) is 0 Å². The van der Waals surface area contributed by atoms with Gasteiger partial charge in [-0.05, 0) is 40.8 Å². The second-order valence-electron chi connectivity index (χ2n) is 8.02. The van der Waals surface area contributed by atoms with Gasteiger partial charge in [-0.1, -0.05) is 48.5 Å². The molecule has 34 heavy (non-hydrogen) atoms. The van der Waals surface area contributed by atoms with Crippen molar-refractivity contribution in [1.29, 1.82) is 0 Å². The Morgan fingerprint density at radius 2 is 1.65 bits per heavy atom. The van der Waals surface area contributed by atoms with Gasteiger partial charge >= 0.3 is 12.1 Å². The lowest BCUT2D eigenvalue weighted by Crippen LogP contribution is -2.31. The minimum absolute atomic E-state index is 0.0374. The van der Waals surface area contributed by atoms with Gasteiger partial charge in [0.15, 0.2) is 0 Å². The molecule has 1 aromatic heterocycles. The normalized spacial score (nSPS) is 14.0. The lowest BCUT2D eigenvalue weighted by molar-refractivity contribution is 0.0111. The summed E-state index contributed by atoms with van der Waals surface area (Å²) < 4.78 is 10.1. The molecule has 8 nitrogen and oxygen atoms in total. The zero-order chi connectivity index (χ0) is 24.1. The molecule has 0 aliphatic heterocycles. The van der Waals surface area contributed by atoms with E-state index in [4.69, 9.17) is 4.74 Å². The van der Waals surface area contributed by atoms with Crippen LogP contribution >= 0.6 is 0 Å². The van der Waals surface area contributed by atoms with E-state index in [2.05, 4.69) is 27.2 Å². The number of amides is 1. The highest BCUT2D eigenvalue weighted by Crippen LogP contribution is 2.44. The topological polar surface area (TPSA) is 118 Å². The number of nitrogens with zero attached hydrogens (tertiary/aromatic N) is 1. The first-order chi connectivity index (χ1) is 16.5. The van der Waals surface area contributed by atoms with Crippen LogP contribution in [0.2, 0.25) is 0 Å². The second kappa shape index (κ2) is 10.5. The predicted molar refractivity (Wildman–Crippen MR) is 124 cm³/mol. The first-order valence-electron chi connectivity index (χ1n) is 11.0. The maximum Gasteiger partial charge on any atom is 0.407 e. The van der Waals surface area contributed by atoms with Crippen molar-refractivity contribution in [3.05, 3.63) is 89.2 Å². The van der Waals surface area contributed by atoms with Crippen molar-refractivity contribution in [2.75, 3.05) is 20.3 Å². The molecule has 1 amide bonds. The molecule has 3 aromatic rings. The Balaban J connectivity index is 1.26. The van der Waals surface area contributed by atoms with Gasteiger partial charge in [-0.3, -0.25) is 4.98 Å². The molecule has 8 heteroatoms. The molecule has 4 rings (SSSR count). The minimum Gasteiger partial charge on any atom is -0.465 e. The number of nitrogens with one attached hydrogen (secondary N) is 1. The van der Waals surface area contributed by atoms with Crippen LogP contribution in [-0.4, -0.2) is 53.6 Å². The van der Waals surface area contributed by atoms with Crippen LogP contribution in [0.1, 0.15) is 45.6 Å². The van der Waals surface area contributed by atoms with E-state index in [-0.39, 0.29) is 36.7 Å². The number of fused-ring (bicyclic) bond motifs is 3. The molecule has 1 aliphatic rings. The molecule has 0 saturated heterocycles. The molecule has 176 valence electrons. The smallest absolute Gasteiger partial charge is 0.407 e. The van der Waals surface area contributed by atoms with E-state index < -0.39 is 24.3 Å². The summed E-state index contributed by atoms with van der Waals surface area (Å²) in [5, 5.41) is 23.2. The van der Waals surface area contributed by atoms with Gasteiger partial charge in [-0.25, -0.2) is 9.59 Å². The van der Waals surface area contributed by atoms with Gasteiger partial charge in [0.05, 0.1) is 24.5 Å². The predicted octanol–water partition coefficient (Wildman–Crippen LogP) is 3.19. The number of aliphatic hydroxyl groups excluding tert-OH is 2.